The topological polar surface area (TPSA) is 28.5 Å². The van der Waals surface area contributed by atoms with Crippen LogP contribution >= 0.6 is 0 Å². The number of amidine groups is 1. The summed E-state index contributed by atoms with van der Waals surface area (Å²) < 4.78 is 0. The fourth-order valence-corrected chi connectivity index (χ4v) is 2.84. The molecule has 0 unspecified atom stereocenters. The predicted octanol–water partition coefficient (Wildman–Crippen LogP) is 3.63. The van der Waals surface area contributed by atoms with Crippen molar-refractivity contribution in [2.24, 2.45) is 4.99 Å². The van der Waals surface area contributed by atoms with Gasteiger partial charge in [-0.3, -0.25) is 9.98 Å². The van der Waals surface area contributed by atoms with Crippen molar-refractivity contribution >= 4 is 16.7 Å². The van der Waals surface area contributed by atoms with E-state index in [1.165, 1.54) is 22.1 Å². The van der Waals surface area contributed by atoms with Gasteiger partial charge in [0, 0.05) is 23.7 Å². The Morgan fingerprint density at radius 1 is 1.05 bits per heavy atom. The lowest BCUT2D eigenvalue weighted by molar-refractivity contribution is 0.293. The minimum Gasteiger partial charge on any atom is -0.352 e. The van der Waals surface area contributed by atoms with Crippen LogP contribution in [0.2, 0.25) is 0 Å². The van der Waals surface area contributed by atoms with Crippen LogP contribution in [0.15, 0.2) is 23.2 Å². The number of hydrogen-bond acceptors (Lipinski definition) is 3. The van der Waals surface area contributed by atoms with Crippen molar-refractivity contribution in [1.29, 1.82) is 0 Å². The van der Waals surface area contributed by atoms with Gasteiger partial charge >= 0.3 is 0 Å². The van der Waals surface area contributed by atoms with Crippen LogP contribution in [0.1, 0.15) is 36.2 Å². The zero-order valence-electron chi connectivity index (χ0n) is 13.8. The number of likely N-dealkylation sites (N-methyl/N-ethyl adjacent to an activating group) is 1. The van der Waals surface area contributed by atoms with E-state index in [4.69, 9.17) is 9.98 Å². The monoisotopic (exact) mass is 281 g/mol. The average Bonchev–Trinajstić information content (AvgIpc) is 2.66. The first kappa shape index (κ1) is 14.1. The molecule has 1 aromatic heterocycles. The number of aromatic nitrogens is 1. The standard InChI is InChI=1S/C18H23N3/c1-11-7-14-15(17-19-10-18(4,5)21(17)6)9-13(3)20-16(14)8-12(11)2/h7-9H,10H2,1-6H3. The van der Waals surface area contributed by atoms with Gasteiger partial charge in [-0.1, -0.05) is 0 Å². The first-order valence-corrected chi connectivity index (χ1v) is 7.47. The van der Waals surface area contributed by atoms with Gasteiger partial charge in [0.1, 0.15) is 5.84 Å². The highest BCUT2D eigenvalue weighted by atomic mass is 15.3. The van der Waals surface area contributed by atoms with Crippen LogP contribution in [0.5, 0.6) is 0 Å². The van der Waals surface area contributed by atoms with E-state index in [2.05, 4.69) is 64.8 Å². The molecule has 0 saturated carbocycles. The van der Waals surface area contributed by atoms with E-state index >= 15 is 0 Å². The molecule has 0 fully saturated rings. The van der Waals surface area contributed by atoms with Gasteiger partial charge in [-0.2, -0.15) is 0 Å². The minimum absolute atomic E-state index is 0.0819. The third kappa shape index (κ3) is 2.21. The molecule has 3 rings (SSSR count). The fraction of sp³-hybridized carbons (Fsp3) is 0.444. The SMILES string of the molecule is Cc1cc(C2=NCC(C)(C)N2C)c2cc(C)c(C)cc2n1. The molecule has 3 heteroatoms. The molecule has 110 valence electrons. The highest BCUT2D eigenvalue weighted by molar-refractivity contribution is 6.10. The Morgan fingerprint density at radius 2 is 1.71 bits per heavy atom. The fourth-order valence-electron chi connectivity index (χ4n) is 2.84. The van der Waals surface area contributed by atoms with Crippen molar-refractivity contribution in [3.8, 4) is 0 Å². The third-order valence-corrected chi connectivity index (χ3v) is 4.63. The first-order valence-electron chi connectivity index (χ1n) is 7.47. The number of aliphatic imine (C=N–C) groups is 1. The van der Waals surface area contributed by atoms with Gasteiger partial charge in [0.05, 0.1) is 17.6 Å². The molecule has 2 aromatic rings. The molecule has 0 radical (unpaired) electrons. The van der Waals surface area contributed by atoms with Crippen LogP contribution in [0.4, 0.5) is 0 Å². The van der Waals surface area contributed by atoms with E-state index in [1.807, 2.05) is 0 Å². The molecule has 0 aliphatic carbocycles. The molecule has 1 aromatic carbocycles. The van der Waals surface area contributed by atoms with Crippen molar-refractivity contribution < 1.29 is 0 Å². The number of pyridine rings is 1. The molecule has 0 spiro atoms. The Kier molecular flexibility index (Phi) is 3.05. The third-order valence-electron chi connectivity index (χ3n) is 4.63. The van der Waals surface area contributed by atoms with Gasteiger partial charge in [0.2, 0.25) is 0 Å². The summed E-state index contributed by atoms with van der Waals surface area (Å²) in [5.41, 5.74) is 5.98. The lowest BCUT2D eigenvalue weighted by atomic mass is 10.00. The van der Waals surface area contributed by atoms with Gasteiger partial charge in [0.15, 0.2) is 0 Å². The van der Waals surface area contributed by atoms with Crippen molar-refractivity contribution in [2.45, 2.75) is 40.2 Å². The lowest BCUT2D eigenvalue weighted by Crippen LogP contribution is -2.41. The Hall–Kier alpha value is -1.90. The molecule has 2 heterocycles. The second-order valence-corrected chi connectivity index (χ2v) is 6.78. The summed E-state index contributed by atoms with van der Waals surface area (Å²) in [6, 6.07) is 6.59. The number of nitrogens with zero attached hydrogens (tertiary/aromatic N) is 3. The summed E-state index contributed by atoms with van der Waals surface area (Å²) in [4.78, 5) is 11.8. The number of hydrogen-bond donors (Lipinski definition) is 0. The summed E-state index contributed by atoms with van der Waals surface area (Å²) in [7, 11) is 2.13. The second-order valence-electron chi connectivity index (χ2n) is 6.78. The normalized spacial score (nSPS) is 17.4. The maximum atomic E-state index is 4.80. The van der Waals surface area contributed by atoms with Crippen LogP contribution < -0.4 is 0 Å². The molecule has 0 N–H and O–H groups in total. The zero-order chi connectivity index (χ0) is 15.4. The van der Waals surface area contributed by atoms with Gasteiger partial charge in [0.25, 0.3) is 0 Å². The minimum atomic E-state index is 0.0819. The second kappa shape index (κ2) is 4.55. The highest BCUT2D eigenvalue weighted by Crippen LogP contribution is 2.29. The van der Waals surface area contributed by atoms with Crippen LogP contribution in [0.3, 0.4) is 0 Å². The van der Waals surface area contributed by atoms with E-state index in [1.54, 1.807) is 0 Å². The van der Waals surface area contributed by atoms with Crippen LogP contribution in [0.25, 0.3) is 10.9 Å². The summed E-state index contributed by atoms with van der Waals surface area (Å²) in [5, 5.41) is 1.20. The number of benzene rings is 1. The van der Waals surface area contributed by atoms with E-state index in [9.17, 15) is 0 Å². The first-order chi connectivity index (χ1) is 9.79. The van der Waals surface area contributed by atoms with E-state index in [-0.39, 0.29) is 5.54 Å². The summed E-state index contributed by atoms with van der Waals surface area (Å²) >= 11 is 0. The lowest BCUT2D eigenvalue weighted by Gasteiger charge is -2.30. The number of fused-ring (bicyclic) bond motifs is 1. The van der Waals surface area contributed by atoms with Crippen LogP contribution in [0, 0.1) is 20.8 Å². The molecule has 21 heavy (non-hydrogen) atoms. The average molecular weight is 281 g/mol. The predicted molar refractivity (Wildman–Crippen MR) is 89.2 cm³/mol. The molecular weight excluding hydrogens is 258 g/mol. The van der Waals surface area contributed by atoms with Gasteiger partial charge in [-0.15, -0.1) is 0 Å². The van der Waals surface area contributed by atoms with E-state index < -0.39 is 0 Å². The largest absolute Gasteiger partial charge is 0.352 e. The van der Waals surface area contributed by atoms with Gasteiger partial charge in [-0.05, 0) is 63.9 Å². The Morgan fingerprint density at radius 3 is 2.33 bits per heavy atom. The Balaban J connectivity index is 2.26. The zero-order valence-corrected chi connectivity index (χ0v) is 13.8. The van der Waals surface area contributed by atoms with Crippen molar-refractivity contribution in [3.05, 3.63) is 40.6 Å². The molecule has 3 nitrogen and oxygen atoms in total. The van der Waals surface area contributed by atoms with Gasteiger partial charge in [-0.25, -0.2) is 0 Å². The van der Waals surface area contributed by atoms with E-state index in [0.29, 0.717) is 0 Å². The molecular formula is C18H23N3. The smallest absolute Gasteiger partial charge is 0.131 e. The van der Waals surface area contributed by atoms with Crippen molar-refractivity contribution in [3.63, 3.8) is 0 Å². The molecule has 0 amide bonds. The maximum absolute atomic E-state index is 4.80. The number of aryl methyl sites for hydroxylation is 3. The molecule has 1 aliphatic heterocycles. The van der Waals surface area contributed by atoms with Crippen molar-refractivity contribution in [2.75, 3.05) is 13.6 Å². The Bertz CT molecular complexity index is 757. The highest BCUT2D eigenvalue weighted by Gasteiger charge is 2.33. The maximum Gasteiger partial charge on any atom is 0.131 e. The van der Waals surface area contributed by atoms with E-state index in [0.717, 1.165) is 23.6 Å². The van der Waals surface area contributed by atoms with Crippen LogP contribution in [-0.4, -0.2) is 34.9 Å². The quantitative estimate of drug-likeness (QED) is 0.798. The molecule has 0 atom stereocenters. The molecule has 0 saturated heterocycles. The van der Waals surface area contributed by atoms with Gasteiger partial charge < -0.3 is 4.90 Å². The van der Waals surface area contributed by atoms with Crippen LogP contribution in [-0.2, 0) is 0 Å². The Labute approximate surface area is 126 Å². The summed E-state index contributed by atoms with van der Waals surface area (Å²) in [5.74, 6) is 1.08. The summed E-state index contributed by atoms with van der Waals surface area (Å²) in [6.07, 6.45) is 0. The molecule has 1 aliphatic rings. The van der Waals surface area contributed by atoms with Crippen molar-refractivity contribution in [1.82, 2.24) is 9.88 Å². The molecule has 0 bridgehead atoms. The number of rotatable bonds is 1. The summed E-state index contributed by atoms with van der Waals surface area (Å²) in [6.45, 7) is 11.7.